The highest BCUT2D eigenvalue weighted by molar-refractivity contribution is 8.03. The van der Waals surface area contributed by atoms with Crippen molar-refractivity contribution in [2.75, 3.05) is 12.4 Å². The second kappa shape index (κ2) is 44.1. The molecule has 0 aliphatic carbocycles. The molecule has 55 heavy (non-hydrogen) atoms. The van der Waals surface area contributed by atoms with Crippen LogP contribution >= 0.6 is 11.8 Å². The van der Waals surface area contributed by atoms with E-state index in [1.54, 1.807) is 0 Å². The number of carbonyl (C=O) groups is 2. The Morgan fingerprint density at radius 3 is 1.04 bits per heavy atom. The minimum absolute atomic E-state index is 0.274. The fourth-order valence-corrected chi connectivity index (χ4v) is 10.4. The number of thioether (sulfide) groups is 1. The maximum Gasteiger partial charge on any atom is 0.636 e. The smallest absolute Gasteiger partial charge is 0.464 e. The molecule has 0 radical (unpaired) electrons. The number of nitriles is 1. The molecule has 0 aromatic heterocycles. The van der Waals surface area contributed by atoms with Crippen LogP contribution in [0, 0.1) is 10.7 Å². The van der Waals surface area contributed by atoms with Crippen molar-refractivity contribution in [3.05, 3.63) is 0 Å². The molecule has 0 spiro atoms. The van der Waals surface area contributed by atoms with Gasteiger partial charge in [0.15, 0.2) is 0 Å². The van der Waals surface area contributed by atoms with Gasteiger partial charge in [-0.3, -0.25) is 9.59 Å². The van der Waals surface area contributed by atoms with E-state index in [1.165, 1.54) is 166 Å². The summed E-state index contributed by atoms with van der Waals surface area (Å²) in [5, 5.41) is 10.9. The van der Waals surface area contributed by atoms with Crippen molar-refractivity contribution in [3.8, 4) is 5.40 Å². The van der Waals surface area contributed by atoms with Crippen LogP contribution in [0.2, 0.25) is 6.04 Å². The molecule has 8 heteroatoms. The summed E-state index contributed by atoms with van der Waals surface area (Å²) in [4.78, 5) is 26.3. The predicted octanol–water partition coefficient (Wildman–Crippen LogP) is 16.1. The van der Waals surface area contributed by atoms with Crippen LogP contribution in [0.1, 0.15) is 265 Å². The minimum atomic E-state index is -3.46. The van der Waals surface area contributed by atoms with E-state index in [0.717, 1.165) is 82.8 Å². The first-order valence-electron chi connectivity index (χ1n) is 24.1. The summed E-state index contributed by atoms with van der Waals surface area (Å²) in [6, 6.07) is 0.500. The van der Waals surface area contributed by atoms with E-state index < -0.39 is 8.80 Å². The Hall–Kier alpha value is -1.04. The lowest BCUT2D eigenvalue weighted by Crippen LogP contribution is -2.49. The largest absolute Gasteiger partial charge is 0.636 e. The molecule has 0 aromatic rings. The maximum atomic E-state index is 13.1. The number of nitrogens with zero attached hydrogens (tertiary/aromatic N) is 1. The van der Waals surface area contributed by atoms with Crippen LogP contribution in [-0.2, 0) is 22.9 Å². The molecule has 0 fully saturated rings. The molecule has 0 saturated heterocycles. The van der Waals surface area contributed by atoms with Gasteiger partial charge >= 0.3 is 8.80 Å². The van der Waals surface area contributed by atoms with E-state index >= 15 is 0 Å². The van der Waals surface area contributed by atoms with Crippen LogP contribution in [0.25, 0.3) is 0 Å². The minimum Gasteiger partial charge on any atom is -0.464 e. The van der Waals surface area contributed by atoms with Crippen LogP contribution in [-0.4, -0.2) is 33.1 Å². The molecule has 0 saturated carbocycles. The van der Waals surface area contributed by atoms with Crippen LogP contribution in [0.4, 0.5) is 0 Å². The van der Waals surface area contributed by atoms with Crippen LogP contribution in [0.5, 0.6) is 0 Å². The second-order valence-corrected chi connectivity index (χ2v) is 19.7. The molecular formula is C47H91NO5SSi. The quantitative estimate of drug-likeness (QED) is 0.0344. The van der Waals surface area contributed by atoms with E-state index in [9.17, 15) is 9.59 Å². The van der Waals surface area contributed by atoms with Crippen molar-refractivity contribution in [2.24, 2.45) is 0 Å². The van der Waals surface area contributed by atoms with Gasteiger partial charge < -0.3 is 13.3 Å². The summed E-state index contributed by atoms with van der Waals surface area (Å²) in [5.74, 6) is 0.343. The summed E-state index contributed by atoms with van der Waals surface area (Å²) in [6.07, 6.45) is 45.5. The van der Waals surface area contributed by atoms with E-state index in [0.29, 0.717) is 25.5 Å². The van der Waals surface area contributed by atoms with Crippen LogP contribution in [0.3, 0.4) is 0 Å². The number of rotatable bonds is 45. The molecule has 0 N–H and O–H groups in total. The lowest BCUT2D eigenvalue weighted by molar-refractivity contribution is -0.146. The van der Waals surface area contributed by atoms with E-state index in [-0.39, 0.29) is 11.9 Å². The lowest BCUT2D eigenvalue weighted by Gasteiger charge is -2.28. The topological polar surface area (TPSA) is 85.6 Å². The zero-order chi connectivity index (χ0) is 40.2. The molecule has 0 rings (SSSR count). The van der Waals surface area contributed by atoms with Crippen molar-refractivity contribution >= 4 is 32.5 Å². The zero-order valence-corrected chi connectivity index (χ0v) is 38.7. The van der Waals surface area contributed by atoms with Crippen molar-refractivity contribution in [2.45, 2.75) is 271 Å². The first kappa shape index (κ1) is 54.0. The van der Waals surface area contributed by atoms with Gasteiger partial charge in [-0.05, 0) is 44.4 Å². The van der Waals surface area contributed by atoms with Crippen molar-refractivity contribution in [1.82, 2.24) is 0 Å². The van der Waals surface area contributed by atoms with E-state index in [2.05, 4.69) is 19.2 Å². The first-order valence-corrected chi connectivity index (χ1v) is 27.0. The Morgan fingerprint density at radius 2 is 0.727 bits per heavy atom. The van der Waals surface area contributed by atoms with E-state index in [1.807, 2.05) is 6.92 Å². The van der Waals surface area contributed by atoms with Gasteiger partial charge in [-0.25, -0.2) is 0 Å². The maximum absolute atomic E-state index is 13.1. The molecular weight excluding hydrogens is 719 g/mol. The van der Waals surface area contributed by atoms with Gasteiger partial charge in [0.05, 0.1) is 0 Å². The molecule has 0 aliphatic rings. The third-order valence-corrected chi connectivity index (χ3v) is 14.3. The Kier molecular flexibility index (Phi) is 43.2. The van der Waals surface area contributed by atoms with Crippen LogP contribution < -0.4 is 0 Å². The van der Waals surface area contributed by atoms with Gasteiger partial charge in [0.25, 0.3) is 11.9 Å². The van der Waals surface area contributed by atoms with Gasteiger partial charge in [0, 0.05) is 31.2 Å². The molecule has 0 bridgehead atoms. The Labute approximate surface area is 347 Å². The number of carbonyl (C=O) groups excluding carboxylic acids is 2. The number of hydrogen-bond donors (Lipinski definition) is 0. The standard InChI is InChI=1S/C47H91NO5SSi/c1-4-7-9-11-13-15-17-19-21-23-25-27-29-33-37-41-46(49)52-55(51-6-3,44-40-36-32-31-35-39-43-54-45-48)53-47(50)42-38-34-30-28-26-24-22-20-18-16-14-12-10-8-5-2/h4-44H2,1-3H3. The number of hydrogen-bond acceptors (Lipinski definition) is 7. The number of thiocyanates is 1. The molecule has 0 unspecified atom stereocenters. The summed E-state index contributed by atoms with van der Waals surface area (Å²) in [6.45, 7) is 6.81. The summed E-state index contributed by atoms with van der Waals surface area (Å²) in [7, 11) is -3.46. The average Bonchev–Trinajstić information content (AvgIpc) is 3.17. The lowest BCUT2D eigenvalue weighted by atomic mass is 10.0. The van der Waals surface area contributed by atoms with Crippen LogP contribution in [0.15, 0.2) is 0 Å². The van der Waals surface area contributed by atoms with E-state index in [4.69, 9.17) is 18.5 Å². The zero-order valence-electron chi connectivity index (χ0n) is 36.9. The third kappa shape index (κ3) is 39.6. The summed E-state index contributed by atoms with van der Waals surface area (Å²) in [5.41, 5.74) is 0. The Balaban J connectivity index is 4.48. The fourth-order valence-electron chi connectivity index (χ4n) is 7.47. The Bertz CT molecular complexity index is 821. The van der Waals surface area contributed by atoms with Crippen molar-refractivity contribution in [1.29, 1.82) is 5.26 Å². The highest BCUT2D eigenvalue weighted by atomic mass is 32.2. The van der Waals surface area contributed by atoms with Gasteiger partial charge in [-0.15, -0.1) is 0 Å². The highest BCUT2D eigenvalue weighted by Crippen LogP contribution is 2.24. The summed E-state index contributed by atoms with van der Waals surface area (Å²) >= 11 is 1.33. The van der Waals surface area contributed by atoms with Gasteiger partial charge in [-0.2, -0.15) is 5.26 Å². The first-order chi connectivity index (χ1) is 27.0. The van der Waals surface area contributed by atoms with Crippen molar-refractivity contribution in [3.63, 3.8) is 0 Å². The van der Waals surface area contributed by atoms with Gasteiger partial charge in [0.1, 0.15) is 5.40 Å². The second-order valence-electron chi connectivity index (χ2n) is 16.3. The van der Waals surface area contributed by atoms with Crippen molar-refractivity contribution < 1.29 is 22.9 Å². The van der Waals surface area contributed by atoms with Gasteiger partial charge in [-0.1, -0.05) is 219 Å². The highest BCUT2D eigenvalue weighted by Gasteiger charge is 2.48. The third-order valence-electron chi connectivity index (χ3n) is 10.9. The molecule has 0 atom stereocenters. The summed E-state index contributed by atoms with van der Waals surface area (Å²) < 4.78 is 18.3. The predicted molar refractivity (Wildman–Crippen MR) is 239 cm³/mol. The molecule has 0 aromatic carbocycles. The fraction of sp³-hybridized carbons (Fsp3) is 0.936. The molecule has 0 heterocycles. The van der Waals surface area contributed by atoms with Gasteiger partial charge in [0.2, 0.25) is 0 Å². The molecule has 324 valence electrons. The molecule has 0 aliphatic heterocycles. The Morgan fingerprint density at radius 1 is 0.436 bits per heavy atom. The number of unbranched alkanes of at least 4 members (excludes halogenated alkanes) is 33. The average molecular weight is 810 g/mol. The monoisotopic (exact) mass is 810 g/mol. The normalized spacial score (nSPS) is 11.5. The SMILES string of the molecule is CCCCCCCCCCCCCCCCCC(=O)O[Si](CCCCCCCCSC#N)(OCC)OC(=O)CCCCCCCCCCCCCCCCC. The molecule has 0 amide bonds. The molecule has 6 nitrogen and oxygen atoms in total.